The number of aromatic nitrogens is 4. The van der Waals surface area contributed by atoms with Crippen LogP contribution in [0.1, 0.15) is 27.2 Å². The minimum Gasteiger partial charge on any atom is -0.389 e. The minimum atomic E-state index is -0.849. The van der Waals surface area contributed by atoms with Gasteiger partial charge in [-0.3, -0.25) is 0 Å². The first-order valence-corrected chi connectivity index (χ1v) is 7.72. The van der Waals surface area contributed by atoms with E-state index in [1.54, 1.807) is 13.8 Å². The predicted octanol–water partition coefficient (Wildman–Crippen LogP) is 1.49. The van der Waals surface area contributed by atoms with Gasteiger partial charge in [-0.1, -0.05) is 6.92 Å². The van der Waals surface area contributed by atoms with Crippen molar-refractivity contribution in [2.45, 2.75) is 32.8 Å². The van der Waals surface area contributed by atoms with E-state index in [1.807, 2.05) is 19.0 Å². The number of nitrogens with one attached hydrogen (secondary N) is 2. The fraction of sp³-hybridized carbons (Fsp3) is 0.600. The molecular weight excluding hydrogens is 294 g/mol. The molecule has 0 fully saturated rings. The topological polar surface area (TPSA) is 99.1 Å². The largest absolute Gasteiger partial charge is 0.389 e. The fourth-order valence-corrected chi connectivity index (χ4v) is 1.93. The average molecular weight is 319 g/mol. The standard InChI is InChI=1S/C15H25N7O/c1-6-7-16-13-10-11(20-14(21-13)22(4)5)12(19-9-18-10)17-8-15(2,3)23/h9,23H,6-8H2,1-5H3,(H,16,20,21)(H,17,18,19). The van der Waals surface area contributed by atoms with Crippen LogP contribution in [0.5, 0.6) is 0 Å². The lowest BCUT2D eigenvalue weighted by Gasteiger charge is -2.19. The molecule has 2 aromatic heterocycles. The first-order valence-electron chi connectivity index (χ1n) is 7.72. The number of hydrogen-bond acceptors (Lipinski definition) is 8. The molecule has 0 radical (unpaired) electrons. The molecular formula is C15H25N7O. The van der Waals surface area contributed by atoms with E-state index in [9.17, 15) is 5.11 Å². The van der Waals surface area contributed by atoms with E-state index in [0.717, 1.165) is 13.0 Å². The summed E-state index contributed by atoms with van der Waals surface area (Å²) in [5, 5.41) is 16.3. The monoisotopic (exact) mass is 319 g/mol. The third-order valence-corrected chi connectivity index (χ3v) is 3.10. The number of hydrogen-bond donors (Lipinski definition) is 3. The van der Waals surface area contributed by atoms with Crippen LogP contribution >= 0.6 is 0 Å². The van der Waals surface area contributed by atoms with Crippen molar-refractivity contribution >= 4 is 28.6 Å². The second-order valence-electron chi connectivity index (χ2n) is 6.28. The Balaban J connectivity index is 2.50. The lowest BCUT2D eigenvalue weighted by atomic mass is 10.1. The van der Waals surface area contributed by atoms with Crippen LogP contribution in [0.2, 0.25) is 0 Å². The lowest BCUT2D eigenvalue weighted by molar-refractivity contribution is 0.0944. The van der Waals surface area contributed by atoms with Crippen LogP contribution in [0, 0.1) is 0 Å². The number of anilines is 3. The lowest BCUT2D eigenvalue weighted by Crippen LogP contribution is -2.29. The zero-order valence-electron chi connectivity index (χ0n) is 14.4. The molecule has 0 unspecified atom stereocenters. The molecule has 0 aliphatic carbocycles. The summed E-state index contributed by atoms with van der Waals surface area (Å²) in [5.74, 6) is 1.86. The van der Waals surface area contributed by atoms with E-state index in [2.05, 4.69) is 37.5 Å². The third-order valence-electron chi connectivity index (χ3n) is 3.10. The molecule has 0 aromatic carbocycles. The van der Waals surface area contributed by atoms with Gasteiger partial charge in [-0.25, -0.2) is 15.0 Å². The van der Waals surface area contributed by atoms with Gasteiger partial charge in [-0.05, 0) is 20.3 Å². The molecule has 2 rings (SSSR count). The van der Waals surface area contributed by atoms with Gasteiger partial charge in [0, 0.05) is 27.2 Å². The van der Waals surface area contributed by atoms with Crippen LogP contribution in [0.15, 0.2) is 6.33 Å². The van der Waals surface area contributed by atoms with Crippen LogP contribution in [-0.4, -0.2) is 57.8 Å². The zero-order valence-corrected chi connectivity index (χ0v) is 14.4. The summed E-state index contributed by atoms with van der Waals surface area (Å²) in [6.07, 6.45) is 2.46. The Labute approximate surface area is 136 Å². The number of nitrogens with zero attached hydrogens (tertiary/aromatic N) is 5. The minimum absolute atomic E-state index is 0.359. The van der Waals surface area contributed by atoms with Crippen LogP contribution in [-0.2, 0) is 0 Å². The second kappa shape index (κ2) is 6.91. The summed E-state index contributed by atoms with van der Waals surface area (Å²) in [7, 11) is 3.77. The van der Waals surface area contributed by atoms with E-state index in [1.165, 1.54) is 6.33 Å². The Morgan fingerprint density at radius 3 is 2.43 bits per heavy atom. The van der Waals surface area contributed by atoms with E-state index >= 15 is 0 Å². The van der Waals surface area contributed by atoms with Crippen molar-refractivity contribution in [1.82, 2.24) is 19.9 Å². The molecule has 0 bridgehead atoms. The van der Waals surface area contributed by atoms with Crippen molar-refractivity contribution in [2.75, 3.05) is 42.7 Å². The first-order chi connectivity index (χ1) is 10.8. The maximum absolute atomic E-state index is 9.91. The quantitative estimate of drug-likeness (QED) is 0.706. The SMILES string of the molecule is CCCNc1nc(N(C)C)nc2c(NCC(C)(C)O)ncnc12. The molecule has 8 heteroatoms. The summed E-state index contributed by atoms with van der Waals surface area (Å²) in [6, 6.07) is 0. The van der Waals surface area contributed by atoms with E-state index < -0.39 is 5.60 Å². The van der Waals surface area contributed by atoms with E-state index in [-0.39, 0.29) is 0 Å². The van der Waals surface area contributed by atoms with Gasteiger partial charge in [0.25, 0.3) is 0 Å². The number of aliphatic hydroxyl groups is 1. The Bertz CT molecular complexity index is 667. The Morgan fingerprint density at radius 1 is 1.09 bits per heavy atom. The molecule has 0 spiro atoms. The van der Waals surface area contributed by atoms with Crippen molar-refractivity contribution < 1.29 is 5.11 Å². The van der Waals surface area contributed by atoms with Crippen molar-refractivity contribution in [3.05, 3.63) is 6.33 Å². The van der Waals surface area contributed by atoms with E-state index in [4.69, 9.17) is 0 Å². The van der Waals surface area contributed by atoms with Gasteiger partial charge in [-0.2, -0.15) is 4.98 Å². The van der Waals surface area contributed by atoms with Gasteiger partial charge in [0.1, 0.15) is 17.4 Å². The van der Waals surface area contributed by atoms with Gasteiger partial charge in [-0.15, -0.1) is 0 Å². The molecule has 0 saturated carbocycles. The zero-order chi connectivity index (χ0) is 17.0. The molecule has 23 heavy (non-hydrogen) atoms. The molecule has 0 aliphatic rings. The molecule has 0 amide bonds. The maximum atomic E-state index is 9.91. The Morgan fingerprint density at radius 2 is 1.83 bits per heavy atom. The highest BCUT2D eigenvalue weighted by molar-refractivity contribution is 5.93. The van der Waals surface area contributed by atoms with Crippen molar-refractivity contribution in [1.29, 1.82) is 0 Å². The van der Waals surface area contributed by atoms with Crippen LogP contribution in [0.3, 0.4) is 0 Å². The van der Waals surface area contributed by atoms with Gasteiger partial charge in [0.05, 0.1) is 5.60 Å². The first kappa shape index (κ1) is 17.1. The molecule has 0 aliphatic heterocycles. The summed E-state index contributed by atoms with van der Waals surface area (Å²) >= 11 is 0. The fourth-order valence-electron chi connectivity index (χ4n) is 1.93. The Hall–Kier alpha value is -2.22. The summed E-state index contributed by atoms with van der Waals surface area (Å²) < 4.78 is 0. The molecule has 0 atom stereocenters. The smallest absolute Gasteiger partial charge is 0.227 e. The highest BCUT2D eigenvalue weighted by Crippen LogP contribution is 2.25. The molecule has 2 heterocycles. The van der Waals surface area contributed by atoms with Crippen molar-refractivity contribution in [3.63, 3.8) is 0 Å². The highest BCUT2D eigenvalue weighted by Gasteiger charge is 2.17. The van der Waals surface area contributed by atoms with E-state index in [0.29, 0.717) is 35.2 Å². The van der Waals surface area contributed by atoms with Crippen molar-refractivity contribution in [2.24, 2.45) is 0 Å². The third kappa shape index (κ3) is 4.38. The summed E-state index contributed by atoms with van der Waals surface area (Å²) in [6.45, 7) is 6.72. The van der Waals surface area contributed by atoms with Crippen LogP contribution < -0.4 is 15.5 Å². The van der Waals surface area contributed by atoms with Gasteiger partial charge in [0.2, 0.25) is 5.95 Å². The predicted molar refractivity (Wildman–Crippen MR) is 93.0 cm³/mol. The van der Waals surface area contributed by atoms with Crippen molar-refractivity contribution in [3.8, 4) is 0 Å². The molecule has 2 aromatic rings. The second-order valence-corrected chi connectivity index (χ2v) is 6.28. The highest BCUT2D eigenvalue weighted by atomic mass is 16.3. The molecule has 126 valence electrons. The number of rotatable bonds is 7. The van der Waals surface area contributed by atoms with Crippen LogP contribution in [0.4, 0.5) is 17.6 Å². The van der Waals surface area contributed by atoms with Gasteiger partial charge >= 0.3 is 0 Å². The van der Waals surface area contributed by atoms with Crippen LogP contribution in [0.25, 0.3) is 11.0 Å². The Kier molecular flexibility index (Phi) is 5.15. The molecule has 3 N–H and O–H groups in total. The normalized spacial score (nSPS) is 11.6. The van der Waals surface area contributed by atoms with Gasteiger partial charge in [0.15, 0.2) is 11.6 Å². The number of fused-ring (bicyclic) bond motifs is 1. The maximum Gasteiger partial charge on any atom is 0.227 e. The summed E-state index contributed by atoms with van der Waals surface area (Å²) in [5.41, 5.74) is 0.448. The molecule has 8 nitrogen and oxygen atoms in total. The van der Waals surface area contributed by atoms with Gasteiger partial charge < -0.3 is 20.6 Å². The average Bonchev–Trinajstić information content (AvgIpc) is 2.49. The summed E-state index contributed by atoms with van der Waals surface area (Å²) in [4.78, 5) is 19.5. The molecule has 0 saturated heterocycles.